The number of nitrogens with zero attached hydrogens (tertiary/aromatic N) is 1. The van der Waals surface area contributed by atoms with Crippen molar-refractivity contribution in [1.29, 1.82) is 0 Å². The molecule has 0 aromatic heterocycles. The van der Waals surface area contributed by atoms with Crippen molar-refractivity contribution in [1.82, 2.24) is 0 Å². The largest absolute Gasteiger partial charge is 0.311 e. The van der Waals surface area contributed by atoms with Crippen molar-refractivity contribution in [3.63, 3.8) is 0 Å². The highest BCUT2D eigenvalue weighted by Crippen LogP contribution is 2.42. The van der Waals surface area contributed by atoms with Crippen LogP contribution in [0.2, 0.25) is 0 Å². The minimum absolute atomic E-state index is 1.10. The molecule has 0 aliphatic rings. The molecule has 0 unspecified atom stereocenters. The van der Waals surface area contributed by atoms with Gasteiger partial charge in [0.15, 0.2) is 0 Å². The van der Waals surface area contributed by atoms with Crippen LogP contribution in [0.25, 0.3) is 76.8 Å². The molecule has 0 fully saturated rings. The zero-order valence-electron chi connectivity index (χ0n) is 30.3. The fraction of sp³-hybridized carbons (Fsp3) is 0. The standard InChI is InChI=1S/C54H37N/c1-2-12-40(13-3-1)53-37-30-41-16-6-9-21-52(41)54(53)44-28-35-47(36-29-44)55(45-31-24-42(25-32-45)50-22-10-17-38-14-4-7-19-48(38)50)46-33-26-43(27-34-46)51-23-11-18-39-15-5-8-20-49(39)51/h1-37H. The molecule has 0 saturated heterocycles. The molecule has 0 radical (unpaired) electrons. The minimum Gasteiger partial charge on any atom is -0.311 e. The zero-order valence-corrected chi connectivity index (χ0v) is 30.3. The second kappa shape index (κ2) is 14.0. The van der Waals surface area contributed by atoms with E-state index in [0.29, 0.717) is 0 Å². The maximum Gasteiger partial charge on any atom is 0.0462 e. The first kappa shape index (κ1) is 32.4. The van der Waals surface area contributed by atoms with E-state index in [1.807, 2.05) is 0 Å². The van der Waals surface area contributed by atoms with Crippen LogP contribution in [-0.4, -0.2) is 0 Å². The molecule has 0 heterocycles. The molecule has 1 nitrogen and oxygen atoms in total. The Kier molecular flexibility index (Phi) is 8.24. The lowest BCUT2D eigenvalue weighted by Crippen LogP contribution is -2.09. The van der Waals surface area contributed by atoms with E-state index in [4.69, 9.17) is 0 Å². The number of fused-ring (bicyclic) bond motifs is 3. The summed E-state index contributed by atoms with van der Waals surface area (Å²) in [5.41, 5.74) is 13.1. The molecule has 258 valence electrons. The van der Waals surface area contributed by atoms with Crippen LogP contribution in [0.4, 0.5) is 17.1 Å². The molecular weight excluding hydrogens is 663 g/mol. The molecule has 55 heavy (non-hydrogen) atoms. The summed E-state index contributed by atoms with van der Waals surface area (Å²) in [6.07, 6.45) is 0. The number of hydrogen-bond donors (Lipinski definition) is 0. The van der Waals surface area contributed by atoms with E-state index in [-0.39, 0.29) is 0 Å². The average molecular weight is 700 g/mol. The van der Waals surface area contributed by atoms with Gasteiger partial charge in [0.25, 0.3) is 0 Å². The molecule has 10 aromatic carbocycles. The van der Waals surface area contributed by atoms with Crippen LogP contribution in [0.15, 0.2) is 224 Å². The second-order valence-electron chi connectivity index (χ2n) is 14.1. The Morgan fingerprint density at radius 1 is 0.218 bits per heavy atom. The zero-order chi connectivity index (χ0) is 36.6. The molecule has 0 atom stereocenters. The van der Waals surface area contributed by atoms with Crippen molar-refractivity contribution in [3.8, 4) is 44.5 Å². The Morgan fingerprint density at radius 2 is 0.600 bits per heavy atom. The molecular formula is C54H37N. The third-order valence-electron chi connectivity index (χ3n) is 10.9. The maximum absolute atomic E-state index is 2.37. The van der Waals surface area contributed by atoms with Gasteiger partial charge in [0.2, 0.25) is 0 Å². The van der Waals surface area contributed by atoms with E-state index < -0.39 is 0 Å². The number of benzene rings is 10. The second-order valence-corrected chi connectivity index (χ2v) is 14.1. The van der Waals surface area contributed by atoms with Gasteiger partial charge in [-0.15, -0.1) is 0 Å². The average Bonchev–Trinajstić information content (AvgIpc) is 3.27. The molecule has 0 spiro atoms. The van der Waals surface area contributed by atoms with Crippen LogP contribution in [0.3, 0.4) is 0 Å². The van der Waals surface area contributed by atoms with Gasteiger partial charge in [-0.2, -0.15) is 0 Å². The van der Waals surface area contributed by atoms with Crippen molar-refractivity contribution in [2.75, 3.05) is 4.90 Å². The lowest BCUT2D eigenvalue weighted by molar-refractivity contribution is 1.28. The fourth-order valence-corrected chi connectivity index (χ4v) is 8.20. The van der Waals surface area contributed by atoms with Crippen LogP contribution in [0, 0.1) is 0 Å². The summed E-state index contributed by atoms with van der Waals surface area (Å²) in [6.45, 7) is 0. The van der Waals surface area contributed by atoms with Gasteiger partial charge in [-0.1, -0.05) is 188 Å². The molecule has 0 aliphatic heterocycles. The van der Waals surface area contributed by atoms with Gasteiger partial charge in [0, 0.05) is 17.1 Å². The van der Waals surface area contributed by atoms with Gasteiger partial charge in [0.1, 0.15) is 0 Å². The van der Waals surface area contributed by atoms with E-state index in [9.17, 15) is 0 Å². The SMILES string of the molecule is c1ccc(-c2ccc3ccccc3c2-c2ccc(N(c3ccc(-c4cccc5ccccc45)cc3)c3ccc(-c4cccc5ccccc45)cc3)cc2)cc1. The quantitative estimate of drug-likeness (QED) is 0.160. The van der Waals surface area contributed by atoms with Crippen LogP contribution >= 0.6 is 0 Å². The molecule has 0 bridgehead atoms. The van der Waals surface area contributed by atoms with Gasteiger partial charge >= 0.3 is 0 Å². The number of anilines is 3. The van der Waals surface area contributed by atoms with E-state index in [0.717, 1.165) is 17.1 Å². The Hall–Kier alpha value is -7.22. The number of rotatable bonds is 7. The van der Waals surface area contributed by atoms with Gasteiger partial charge in [0.05, 0.1) is 0 Å². The van der Waals surface area contributed by atoms with Gasteiger partial charge in [-0.3, -0.25) is 0 Å². The topological polar surface area (TPSA) is 3.24 Å². The first-order valence-electron chi connectivity index (χ1n) is 18.9. The predicted molar refractivity (Wildman–Crippen MR) is 235 cm³/mol. The fourth-order valence-electron chi connectivity index (χ4n) is 8.20. The summed E-state index contributed by atoms with van der Waals surface area (Å²) < 4.78 is 0. The lowest BCUT2D eigenvalue weighted by atomic mass is 9.89. The molecule has 0 amide bonds. The third-order valence-corrected chi connectivity index (χ3v) is 10.9. The van der Waals surface area contributed by atoms with Crippen LogP contribution in [0.1, 0.15) is 0 Å². The van der Waals surface area contributed by atoms with Gasteiger partial charge in [-0.25, -0.2) is 0 Å². The summed E-state index contributed by atoms with van der Waals surface area (Å²) in [7, 11) is 0. The summed E-state index contributed by atoms with van der Waals surface area (Å²) in [6, 6.07) is 81.4. The summed E-state index contributed by atoms with van der Waals surface area (Å²) in [4.78, 5) is 2.37. The predicted octanol–water partition coefficient (Wildman–Crippen LogP) is 15.3. The third kappa shape index (κ3) is 6.02. The van der Waals surface area contributed by atoms with E-state index in [2.05, 4.69) is 229 Å². The summed E-state index contributed by atoms with van der Waals surface area (Å²) >= 11 is 0. The maximum atomic E-state index is 2.37. The molecule has 0 N–H and O–H groups in total. The van der Waals surface area contributed by atoms with Crippen molar-refractivity contribution < 1.29 is 0 Å². The monoisotopic (exact) mass is 699 g/mol. The molecule has 1 heteroatoms. The highest BCUT2D eigenvalue weighted by atomic mass is 15.1. The van der Waals surface area contributed by atoms with Crippen LogP contribution < -0.4 is 4.90 Å². The first-order valence-corrected chi connectivity index (χ1v) is 18.9. The minimum atomic E-state index is 1.10. The molecule has 10 rings (SSSR count). The van der Waals surface area contributed by atoms with Crippen molar-refractivity contribution >= 4 is 49.4 Å². The Bertz CT molecular complexity index is 2810. The summed E-state index contributed by atoms with van der Waals surface area (Å²) in [5, 5.41) is 7.51. The van der Waals surface area contributed by atoms with Gasteiger partial charge in [-0.05, 0) is 113 Å². The van der Waals surface area contributed by atoms with E-state index in [1.54, 1.807) is 0 Å². The summed E-state index contributed by atoms with van der Waals surface area (Å²) in [5.74, 6) is 0. The Balaban J connectivity index is 1.08. The van der Waals surface area contributed by atoms with Crippen LogP contribution in [0.5, 0.6) is 0 Å². The van der Waals surface area contributed by atoms with Gasteiger partial charge < -0.3 is 4.90 Å². The molecule has 10 aromatic rings. The normalized spacial score (nSPS) is 11.3. The Morgan fingerprint density at radius 3 is 1.11 bits per heavy atom. The highest BCUT2D eigenvalue weighted by molar-refractivity contribution is 6.04. The van der Waals surface area contributed by atoms with E-state index >= 15 is 0 Å². The van der Waals surface area contributed by atoms with Crippen molar-refractivity contribution in [2.24, 2.45) is 0 Å². The van der Waals surface area contributed by atoms with Crippen molar-refractivity contribution in [2.45, 2.75) is 0 Å². The molecule has 0 aliphatic carbocycles. The lowest BCUT2D eigenvalue weighted by Gasteiger charge is -2.26. The first-order chi connectivity index (χ1) is 27.3. The van der Waals surface area contributed by atoms with Crippen molar-refractivity contribution in [3.05, 3.63) is 224 Å². The number of hydrogen-bond acceptors (Lipinski definition) is 1. The van der Waals surface area contributed by atoms with E-state index in [1.165, 1.54) is 76.8 Å². The molecule has 0 saturated carbocycles. The smallest absolute Gasteiger partial charge is 0.0462 e. The van der Waals surface area contributed by atoms with Crippen LogP contribution in [-0.2, 0) is 0 Å². The highest BCUT2D eigenvalue weighted by Gasteiger charge is 2.17. The Labute approximate surface area is 322 Å².